The third-order valence-electron chi connectivity index (χ3n) is 3.82. The van der Waals surface area contributed by atoms with Crippen molar-refractivity contribution >= 4 is 12.0 Å². The van der Waals surface area contributed by atoms with Crippen LogP contribution in [0.5, 0.6) is 0 Å². The number of hydrogen-bond donors (Lipinski definition) is 0. The van der Waals surface area contributed by atoms with Gasteiger partial charge in [-0.25, -0.2) is 0 Å². The summed E-state index contributed by atoms with van der Waals surface area (Å²) < 4.78 is 39.7. The van der Waals surface area contributed by atoms with Crippen LogP contribution in [0.25, 0.3) is 0 Å². The van der Waals surface area contributed by atoms with Gasteiger partial charge in [0, 0.05) is 24.3 Å². The van der Waals surface area contributed by atoms with E-state index in [1.165, 1.54) is 12.1 Å². The topological polar surface area (TPSA) is 20.3 Å². The Kier molecular flexibility index (Phi) is 6.24. The molecule has 0 aliphatic rings. The molecule has 0 saturated heterocycles. The van der Waals surface area contributed by atoms with Crippen molar-refractivity contribution in [1.82, 2.24) is 0 Å². The molecule has 0 N–H and O–H groups in total. The molecule has 0 aliphatic carbocycles. The van der Waals surface area contributed by atoms with Crippen molar-refractivity contribution in [2.75, 3.05) is 18.0 Å². The SMILES string of the molecule is CCC(CC)CN(CC)c1ccc(C=O)cc1C(F)(F)F. The van der Waals surface area contributed by atoms with E-state index < -0.39 is 11.7 Å². The zero-order valence-electron chi connectivity index (χ0n) is 12.7. The molecule has 0 aromatic heterocycles. The standard InChI is InChI=1S/C16H22F3NO/c1-4-12(5-2)10-20(6-3)15-8-7-13(11-21)9-14(15)16(17,18)19/h7-9,11-12H,4-6,10H2,1-3H3. The van der Waals surface area contributed by atoms with E-state index in [0.717, 1.165) is 18.9 Å². The van der Waals surface area contributed by atoms with Gasteiger partial charge in [0.2, 0.25) is 0 Å². The largest absolute Gasteiger partial charge is 0.418 e. The van der Waals surface area contributed by atoms with Gasteiger partial charge in [0.05, 0.1) is 5.56 Å². The maximum atomic E-state index is 13.2. The highest BCUT2D eigenvalue weighted by atomic mass is 19.4. The Hall–Kier alpha value is -1.52. The molecule has 1 rings (SSSR count). The molecule has 118 valence electrons. The number of halogens is 3. The quantitative estimate of drug-likeness (QED) is 0.675. The fraction of sp³-hybridized carbons (Fsp3) is 0.562. The van der Waals surface area contributed by atoms with Gasteiger partial charge in [-0.2, -0.15) is 13.2 Å². The molecule has 1 aromatic carbocycles. The Morgan fingerprint density at radius 3 is 2.24 bits per heavy atom. The second kappa shape index (κ2) is 7.48. The summed E-state index contributed by atoms with van der Waals surface area (Å²) in [4.78, 5) is 12.5. The van der Waals surface area contributed by atoms with E-state index in [9.17, 15) is 18.0 Å². The van der Waals surface area contributed by atoms with Gasteiger partial charge in [0.15, 0.2) is 0 Å². The van der Waals surface area contributed by atoms with Crippen molar-refractivity contribution < 1.29 is 18.0 Å². The van der Waals surface area contributed by atoms with Crippen LogP contribution in [0.4, 0.5) is 18.9 Å². The normalized spacial score (nSPS) is 11.8. The molecule has 0 aliphatic heterocycles. The second-order valence-electron chi connectivity index (χ2n) is 5.11. The Bertz CT molecular complexity index is 467. The molecule has 0 fully saturated rings. The summed E-state index contributed by atoms with van der Waals surface area (Å²) in [5.74, 6) is 0.358. The van der Waals surface area contributed by atoms with E-state index >= 15 is 0 Å². The molecule has 21 heavy (non-hydrogen) atoms. The zero-order chi connectivity index (χ0) is 16.0. The number of benzene rings is 1. The van der Waals surface area contributed by atoms with Crippen LogP contribution < -0.4 is 4.90 Å². The lowest BCUT2D eigenvalue weighted by atomic mass is 10.0. The highest BCUT2D eigenvalue weighted by Gasteiger charge is 2.35. The first-order chi connectivity index (χ1) is 9.87. The summed E-state index contributed by atoms with van der Waals surface area (Å²) in [6, 6.07) is 3.77. The first kappa shape index (κ1) is 17.5. The van der Waals surface area contributed by atoms with Crippen LogP contribution in [0.15, 0.2) is 18.2 Å². The van der Waals surface area contributed by atoms with Gasteiger partial charge in [0.1, 0.15) is 6.29 Å². The molecule has 0 bridgehead atoms. The molecular formula is C16H22F3NO. The van der Waals surface area contributed by atoms with Crippen molar-refractivity contribution in [3.8, 4) is 0 Å². The van der Waals surface area contributed by atoms with Crippen LogP contribution in [0.1, 0.15) is 49.5 Å². The molecule has 0 atom stereocenters. The van der Waals surface area contributed by atoms with Crippen LogP contribution in [-0.4, -0.2) is 19.4 Å². The Labute approximate surface area is 123 Å². The van der Waals surface area contributed by atoms with E-state index in [0.29, 0.717) is 25.3 Å². The summed E-state index contributed by atoms with van der Waals surface area (Å²) in [5, 5.41) is 0. The Morgan fingerprint density at radius 2 is 1.81 bits per heavy atom. The molecule has 0 amide bonds. The van der Waals surface area contributed by atoms with Crippen molar-refractivity contribution in [3.05, 3.63) is 29.3 Å². The number of anilines is 1. The summed E-state index contributed by atoms with van der Waals surface area (Å²) >= 11 is 0. The fourth-order valence-corrected chi connectivity index (χ4v) is 2.39. The van der Waals surface area contributed by atoms with Crippen LogP contribution in [0, 0.1) is 5.92 Å². The highest BCUT2D eigenvalue weighted by molar-refractivity contribution is 5.77. The molecular weight excluding hydrogens is 279 g/mol. The monoisotopic (exact) mass is 301 g/mol. The number of nitrogens with zero attached hydrogens (tertiary/aromatic N) is 1. The van der Waals surface area contributed by atoms with Crippen molar-refractivity contribution in [2.45, 2.75) is 39.8 Å². The zero-order valence-corrected chi connectivity index (χ0v) is 12.7. The first-order valence-electron chi connectivity index (χ1n) is 7.28. The van der Waals surface area contributed by atoms with Crippen LogP contribution in [-0.2, 0) is 6.18 Å². The van der Waals surface area contributed by atoms with Gasteiger partial charge in [-0.15, -0.1) is 0 Å². The van der Waals surface area contributed by atoms with Gasteiger partial charge in [0.25, 0.3) is 0 Å². The summed E-state index contributed by atoms with van der Waals surface area (Å²) in [5.41, 5.74) is -0.535. The maximum Gasteiger partial charge on any atom is 0.418 e. The van der Waals surface area contributed by atoms with E-state index in [1.807, 2.05) is 20.8 Å². The first-order valence-corrected chi connectivity index (χ1v) is 7.28. The van der Waals surface area contributed by atoms with Crippen molar-refractivity contribution in [1.29, 1.82) is 0 Å². The minimum Gasteiger partial charge on any atom is -0.371 e. The van der Waals surface area contributed by atoms with Gasteiger partial charge < -0.3 is 4.90 Å². The fourth-order valence-electron chi connectivity index (χ4n) is 2.39. The Balaban J connectivity index is 3.22. The van der Waals surface area contributed by atoms with Crippen molar-refractivity contribution in [2.24, 2.45) is 5.92 Å². The smallest absolute Gasteiger partial charge is 0.371 e. The van der Waals surface area contributed by atoms with E-state index in [4.69, 9.17) is 0 Å². The van der Waals surface area contributed by atoms with Gasteiger partial charge in [-0.1, -0.05) is 26.7 Å². The lowest BCUT2D eigenvalue weighted by molar-refractivity contribution is -0.137. The van der Waals surface area contributed by atoms with E-state index in [-0.39, 0.29) is 11.3 Å². The van der Waals surface area contributed by atoms with Crippen LogP contribution in [0.2, 0.25) is 0 Å². The number of hydrogen-bond acceptors (Lipinski definition) is 2. The summed E-state index contributed by atoms with van der Waals surface area (Å²) in [6.45, 7) is 7.02. The molecule has 0 heterocycles. The number of carbonyl (C=O) groups is 1. The minimum atomic E-state index is -4.46. The summed E-state index contributed by atoms with van der Waals surface area (Å²) in [6.07, 6.45) is -2.16. The van der Waals surface area contributed by atoms with Crippen LogP contribution >= 0.6 is 0 Å². The third-order valence-corrected chi connectivity index (χ3v) is 3.82. The molecule has 5 heteroatoms. The number of alkyl halides is 3. The highest BCUT2D eigenvalue weighted by Crippen LogP contribution is 2.37. The van der Waals surface area contributed by atoms with E-state index in [1.54, 1.807) is 4.90 Å². The maximum absolute atomic E-state index is 13.2. The molecule has 0 radical (unpaired) electrons. The average Bonchev–Trinajstić information content (AvgIpc) is 2.47. The molecule has 0 unspecified atom stereocenters. The minimum absolute atomic E-state index is 0.0460. The van der Waals surface area contributed by atoms with E-state index in [2.05, 4.69) is 0 Å². The third kappa shape index (κ3) is 4.48. The molecule has 0 spiro atoms. The predicted octanol–water partition coefficient (Wildman–Crippen LogP) is 4.78. The lowest BCUT2D eigenvalue weighted by Gasteiger charge is -2.30. The lowest BCUT2D eigenvalue weighted by Crippen LogP contribution is -2.31. The molecule has 0 saturated carbocycles. The van der Waals surface area contributed by atoms with Gasteiger partial charge in [-0.3, -0.25) is 4.79 Å². The number of aldehydes is 1. The van der Waals surface area contributed by atoms with Gasteiger partial charge >= 0.3 is 6.18 Å². The number of carbonyl (C=O) groups excluding carboxylic acids is 1. The predicted molar refractivity (Wildman–Crippen MR) is 78.8 cm³/mol. The average molecular weight is 301 g/mol. The van der Waals surface area contributed by atoms with Crippen LogP contribution in [0.3, 0.4) is 0 Å². The second-order valence-corrected chi connectivity index (χ2v) is 5.11. The molecule has 1 aromatic rings. The number of rotatable bonds is 7. The Morgan fingerprint density at radius 1 is 1.19 bits per heavy atom. The van der Waals surface area contributed by atoms with Crippen molar-refractivity contribution in [3.63, 3.8) is 0 Å². The van der Waals surface area contributed by atoms with Gasteiger partial charge in [-0.05, 0) is 31.0 Å². The molecule has 2 nitrogen and oxygen atoms in total. The summed E-state index contributed by atoms with van der Waals surface area (Å²) in [7, 11) is 0.